The summed E-state index contributed by atoms with van der Waals surface area (Å²) in [6, 6.07) is 13.5. The molecule has 0 unspecified atom stereocenters. The molecule has 29 heavy (non-hydrogen) atoms. The lowest BCUT2D eigenvalue weighted by atomic mass is 10.0. The molecule has 0 bridgehead atoms. The molecule has 1 aliphatic heterocycles. The van der Waals surface area contributed by atoms with Gasteiger partial charge in [0.05, 0.1) is 13.2 Å². The van der Waals surface area contributed by atoms with E-state index in [9.17, 15) is 4.79 Å². The Morgan fingerprint density at radius 3 is 2.45 bits per heavy atom. The van der Waals surface area contributed by atoms with Crippen molar-refractivity contribution >= 4 is 23.4 Å². The number of benzene rings is 2. The van der Waals surface area contributed by atoms with Gasteiger partial charge in [-0.25, -0.2) is 4.68 Å². The van der Waals surface area contributed by atoms with Gasteiger partial charge in [0, 0.05) is 5.69 Å². The average Bonchev–Trinajstić information content (AvgIpc) is 3.06. The Kier molecular flexibility index (Phi) is 5.19. The molecule has 1 aliphatic rings. The number of anilines is 1. The first-order chi connectivity index (χ1) is 13.9. The van der Waals surface area contributed by atoms with Gasteiger partial charge in [0.2, 0.25) is 11.1 Å². The van der Waals surface area contributed by atoms with Gasteiger partial charge >= 0.3 is 0 Å². The number of carbonyl (C=O) groups excluding carboxylic acids is 1. The molecule has 0 saturated heterocycles. The summed E-state index contributed by atoms with van der Waals surface area (Å²) in [6.07, 6.45) is 0. The van der Waals surface area contributed by atoms with Crippen LogP contribution in [0.5, 0.6) is 5.75 Å². The fourth-order valence-corrected chi connectivity index (χ4v) is 4.61. The van der Waals surface area contributed by atoms with Crippen molar-refractivity contribution in [1.82, 2.24) is 14.9 Å². The molecule has 3 aromatic rings. The molecule has 0 fully saturated rings. The van der Waals surface area contributed by atoms with E-state index >= 15 is 0 Å². The number of carbonyl (C=O) groups is 1. The fraction of sp³-hybridized carbons (Fsp3) is 0.286. The summed E-state index contributed by atoms with van der Waals surface area (Å²) >= 11 is 1.41. The van der Waals surface area contributed by atoms with Crippen LogP contribution in [0.4, 0.5) is 5.69 Å². The van der Waals surface area contributed by atoms with Crippen molar-refractivity contribution in [3.05, 3.63) is 65.0 Å². The summed E-state index contributed by atoms with van der Waals surface area (Å²) < 4.78 is 7.10. The van der Waals surface area contributed by atoms with Crippen LogP contribution in [-0.2, 0) is 4.79 Å². The molecule has 0 spiro atoms. The molecule has 1 amide bonds. The highest BCUT2D eigenvalue weighted by atomic mass is 32.2. The van der Waals surface area contributed by atoms with Gasteiger partial charge in [0.25, 0.3) is 0 Å². The molecule has 2 atom stereocenters. The minimum absolute atomic E-state index is 0.0831. The SMILES string of the molecule is COc1ccc([C@@H]2Nn3c(C)nnc3S[C@H]2C(=O)Nc2cc(C)cc(C)c2)cc1. The second kappa shape index (κ2) is 7.79. The van der Waals surface area contributed by atoms with E-state index in [1.54, 1.807) is 7.11 Å². The molecule has 150 valence electrons. The summed E-state index contributed by atoms with van der Waals surface area (Å²) in [5.41, 5.74) is 7.40. The van der Waals surface area contributed by atoms with Crippen molar-refractivity contribution in [2.45, 2.75) is 37.2 Å². The molecule has 0 radical (unpaired) electrons. The Balaban J connectivity index is 1.66. The molecule has 0 aliphatic carbocycles. The minimum Gasteiger partial charge on any atom is -0.497 e. The summed E-state index contributed by atoms with van der Waals surface area (Å²) in [4.78, 5) is 13.3. The molecular formula is C21H23N5O2S. The summed E-state index contributed by atoms with van der Waals surface area (Å²) in [5.74, 6) is 1.44. The number of nitrogens with one attached hydrogen (secondary N) is 2. The number of aryl methyl sites for hydroxylation is 3. The van der Waals surface area contributed by atoms with Crippen LogP contribution in [0.2, 0.25) is 0 Å². The summed E-state index contributed by atoms with van der Waals surface area (Å²) in [6.45, 7) is 5.92. The number of fused-ring (bicyclic) bond motifs is 1. The lowest BCUT2D eigenvalue weighted by Crippen LogP contribution is -2.41. The third-order valence-electron chi connectivity index (χ3n) is 4.82. The zero-order valence-electron chi connectivity index (χ0n) is 16.8. The van der Waals surface area contributed by atoms with Crippen LogP contribution in [0, 0.1) is 20.8 Å². The number of methoxy groups -OCH3 is 1. The van der Waals surface area contributed by atoms with Crippen molar-refractivity contribution in [3.8, 4) is 5.75 Å². The van der Waals surface area contributed by atoms with E-state index in [2.05, 4.69) is 27.0 Å². The molecule has 2 aromatic carbocycles. The largest absolute Gasteiger partial charge is 0.497 e. The van der Waals surface area contributed by atoms with Gasteiger partial charge in [-0.15, -0.1) is 10.2 Å². The van der Waals surface area contributed by atoms with E-state index in [4.69, 9.17) is 4.74 Å². The maximum atomic E-state index is 13.3. The van der Waals surface area contributed by atoms with Gasteiger partial charge < -0.3 is 15.5 Å². The highest BCUT2D eigenvalue weighted by Gasteiger charge is 2.37. The van der Waals surface area contributed by atoms with Gasteiger partial charge in [-0.3, -0.25) is 4.79 Å². The predicted octanol–water partition coefficient (Wildman–Crippen LogP) is 3.61. The summed E-state index contributed by atoms with van der Waals surface area (Å²) in [5, 5.41) is 11.7. The number of thioether (sulfide) groups is 1. The standard InChI is InChI=1S/C21H23N5O2S/c1-12-9-13(2)11-16(10-12)22-20(27)19-18(15-5-7-17(28-4)8-6-15)25-26-14(3)23-24-21(26)29-19/h5-11,18-19,25H,1-4H3,(H,22,27)/t18-,19+/m0/s1. The number of amides is 1. The first-order valence-corrected chi connectivity index (χ1v) is 10.2. The third-order valence-corrected chi connectivity index (χ3v) is 6.04. The van der Waals surface area contributed by atoms with E-state index in [1.165, 1.54) is 11.8 Å². The molecule has 4 rings (SSSR count). The number of rotatable bonds is 4. The Hall–Kier alpha value is -3.00. The average molecular weight is 410 g/mol. The third kappa shape index (κ3) is 3.93. The second-order valence-corrected chi connectivity index (χ2v) is 8.26. The van der Waals surface area contributed by atoms with E-state index < -0.39 is 5.25 Å². The van der Waals surface area contributed by atoms with E-state index in [0.717, 1.165) is 34.0 Å². The highest BCUT2D eigenvalue weighted by Crippen LogP contribution is 2.38. The Labute approximate surface area is 173 Å². The lowest BCUT2D eigenvalue weighted by molar-refractivity contribution is -0.116. The van der Waals surface area contributed by atoms with Crippen molar-refractivity contribution in [2.75, 3.05) is 17.9 Å². The van der Waals surface area contributed by atoms with Crippen LogP contribution >= 0.6 is 11.8 Å². The summed E-state index contributed by atoms with van der Waals surface area (Å²) in [7, 11) is 1.64. The molecule has 7 nitrogen and oxygen atoms in total. The Morgan fingerprint density at radius 2 is 1.79 bits per heavy atom. The van der Waals surface area contributed by atoms with Crippen LogP contribution in [0.15, 0.2) is 47.6 Å². The molecule has 8 heteroatoms. The van der Waals surface area contributed by atoms with Crippen molar-refractivity contribution in [3.63, 3.8) is 0 Å². The first-order valence-electron chi connectivity index (χ1n) is 9.33. The van der Waals surface area contributed by atoms with Crippen molar-refractivity contribution in [2.24, 2.45) is 0 Å². The van der Waals surface area contributed by atoms with E-state index in [0.29, 0.717) is 5.16 Å². The van der Waals surface area contributed by atoms with Crippen LogP contribution < -0.4 is 15.5 Å². The maximum absolute atomic E-state index is 13.3. The van der Waals surface area contributed by atoms with Gasteiger partial charge in [0.1, 0.15) is 16.8 Å². The predicted molar refractivity (Wildman–Crippen MR) is 114 cm³/mol. The van der Waals surface area contributed by atoms with Gasteiger partial charge in [-0.2, -0.15) is 0 Å². The van der Waals surface area contributed by atoms with Gasteiger partial charge in [-0.1, -0.05) is 30.0 Å². The Morgan fingerprint density at radius 1 is 1.10 bits per heavy atom. The number of ether oxygens (including phenoxy) is 1. The topological polar surface area (TPSA) is 81.1 Å². The molecular weight excluding hydrogens is 386 g/mol. The lowest BCUT2D eigenvalue weighted by Gasteiger charge is -2.32. The van der Waals surface area contributed by atoms with Crippen LogP contribution in [-0.4, -0.2) is 33.1 Å². The minimum atomic E-state index is -0.416. The normalized spacial score (nSPS) is 17.9. The number of hydrogen-bond acceptors (Lipinski definition) is 6. The quantitative estimate of drug-likeness (QED) is 0.685. The van der Waals surface area contributed by atoms with E-state index in [-0.39, 0.29) is 11.9 Å². The van der Waals surface area contributed by atoms with Gasteiger partial charge in [-0.05, 0) is 61.7 Å². The zero-order chi connectivity index (χ0) is 20.5. The first kappa shape index (κ1) is 19.3. The molecule has 2 N–H and O–H groups in total. The smallest absolute Gasteiger partial charge is 0.240 e. The second-order valence-electron chi connectivity index (χ2n) is 7.15. The monoisotopic (exact) mass is 409 g/mol. The van der Waals surface area contributed by atoms with E-state index in [1.807, 2.05) is 61.8 Å². The van der Waals surface area contributed by atoms with Crippen molar-refractivity contribution < 1.29 is 9.53 Å². The number of aromatic nitrogens is 3. The van der Waals surface area contributed by atoms with Crippen LogP contribution in [0.1, 0.15) is 28.6 Å². The molecule has 2 heterocycles. The molecule has 1 aromatic heterocycles. The highest BCUT2D eigenvalue weighted by molar-refractivity contribution is 8.00. The fourth-order valence-electron chi connectivity index (χ4n) is 3.48. The van der Waals surface area contributed by atoms with Crippen LogP contribution in [0.3, 0.4) is 0 Å². The van der Waals surface area contributed by atoms with Crippen molar-refractivity contribution in [1.29, 1.82) is 0 Å². The number of hydrogen-bond donors (Lipinski definition) is 2. The number of nitrogens with zero attached hydrogens (tertiary/aromatic N) is 3. The Bertz CT molecular complexity index is 1030. The van der Waals surface area contributed by atoms with Crippen LogP contribution in [0.25, 0.3) is 0 Å². The maximum Gasteiger partial charge on any atom is 0.240 e. The zero-order valence-corrected chi connectivity index (χ0v) is 17.6. The molecule has 0 saturated carbocycles. The van der Waals surface area contributed by atoms with Gasteiger partial charge in [0.15, 0.2) is 0 Å².